The zero-order valence-corrected chi connectivity index (χ0v) is 12.2. The van der Waals surface area contributed by atoms with Crippen LogP contribution in [-0.2, 0) is 10.9 Å². The molecule has 0 radical (unpaired) electrons. The summed E-state index contributed by atoms with van der Waals surface area (Å²) in [4.78, 5) is 2.20. The zero-order chi connectivity index (χ0) is 15.5. The predicted octanol–water partition coefficient (Wildman–Crippen LogP) is 3.19. The van der Waals surface area contributed by atoms with Gasteiger partial charge in [-0.3, -0.25) is 4.90 Å². The summed E-state index contributed by atoms with van der Waals surface area (Å²) < 4.78 is 48.8. The maximum Gasteiger partial charge on any atom is 0.416 e. The Balaban J connectivity index is 1.83. The van der Waals surface area contributed by atoms with Gasteiger partial charge in [0.25, 0.3) is 0 Å². The minimum absolute atomic E-state index is 0.169. The molecule has 0 aliphatic carbocycles. The molecule has 1 aliphatic rings. The van der Waals surface area contributed by atoms with E-state index in [9.17, 15) is 13.2 Å². The molecule has 2 rings (SSSR count). The molecule has 0 aromatic heterocycles. The number of ether oxygens (including phenoxy) is 2. The minimum Gasteiger partial charge on any atom is -0.492 e. The van der Waals surface area contributed by atoms with Gasteiger partial charge in [-0.25, -0.2) is 0 Å². The second-order valence-corrected chi connectivity index (χ2v) is 5.39. The van der Waals surface area contributed by atoms with Gasteiger partial charge in [0.1, 0.15) is 12.4 Å². The molecule has 0 amide bonds. The molecule has 0 unspecified atom stereocenters. The maximum atomic E-state index is 12.6. The van der Waals surface area contributed by atoms with Crippen molar-refractivity contribution in [3.63, 3.8) is 0 Å². The van der Waals surface area contributed by atoms with Crippen LogP contribution < -0.4 is 4.74 Å². The summed E-state index contributed by atoms with van der Waals surface area (Å²) in [6, 6.07) is 4.97. The van der Waals surface area contributed by atoms with Gasteiger partial charge in [-0.15, -0.1) is 0 Å². The fraction of sp³-hybridized carbons (Fsp3) is 0.600. The highest BCUT2D eigenvalue weighted by atomic mass is 19.4. The number of halogens is 3. The molecule has 1 fully saturated rings. The molecule has 1 heterocycles. The Kier molecular flexibility index (Phi) is 5.11. The number of nitrogens with zero attached hydrogens (tertiary/aromatic N) is 1. The van der Waals surface area contributed by atoms with Gasteiger partial charge in [-0.2, -0.15) is 13.2 Å². The van der Waals surface area contributed by atoms with E-state index in [0.717, 1.165) is 25.2 Å². The molecule has 1 aromatic rings. The van der Waals surface area contributed by atoms with Crippen LogP contribution in [0.2, 0.25) is 0 Å². The van der Waals surface area contributed by atoms with E-state index in [1.165, 1.54) is 6.07 Å². The smallest absolute Gasteiger partial charge is 0.416 e. The summed E-state index contributed by atoms with van der Waals surface area (Å²) in [5.41, 5.74) is -0.686. The molecule has 1 saturated heterocycles. The van der Waals surface area contributed by atoms with Gasteiger partial charge < -0.3 is 9.47 Å². The molecule has 0 N–H and O–H groups in total. The summed E-state index contributed by atoms with van der Waals surface area (Å²) in [6.45, 7) is 6.69. The van der Waals surface area contributed by atoms with Gasteiger partial charge in [-0.1, -0.05) is 6.07 Å². The van der Waals surface area contributed by atoms with Gasteiger partial charge >= 0.3 is 6.18 Å². The van der Waals surface area contributed by atoms with E-state index in [-0.39, 0.29) is 18.0 Å². The topological polar surface area (TPSA) is 21.7 Å². The lowest BCUT2D eigenvalue weighted by molar-refractivity contribution is -0.137. The van der Waals surface area contributed by atoms with E-state index < -0.39 is 11.7 Å². The van der Waals surface area contributed by atoms with Crippen LogP contribution in [0, 0.1) is 0 Å². The SMILES string of the molecule is C[C@H]1CN(CCOc2cccc(C(F)(F)F)c2)C[C@H](C)O1. The van der Waals surface area contributed by atoms with Crippen molar-refractivity contribution in [2.24, 2.45) is 0 Å². The van der Waals surface area contributed by atoms with Crippen molar-refractivity contribution in [2.75, 3.05) is 26.2 Å². The number of alkyl halides is 3. The van der Waals surface area contributed by atoms with E-state index in [2.05, 4.69) is 4.90 Å². The lowest BCUT2D eigenvalue weighted by atomic mass is 10.2. The van der Waals surface area contributed by atoms with E-state index in [0.29, 0.717) is 13.2 Å². The highest BCUT2D eigenvalue weighted by Crippen LogP contribution is 2.31. The molecule has 6 heteroatoms. The Morgan fingerprint density at radius 1 is 1.24 bits per heavy atom. The van der Waals surface area contributed by atoms with E-state index in [1.807, 2.05) is 13.8 Å². The molecule has 118 valence electrons. The van der Waals surface area contributed by atoms with E-state index >= 15 is 0 Å². The van der Waals surface area contributed by atoms with Gasteiger partial charge in [-0.05, 0) is 32.0 Å². The molecule has 0 saturated carbocycles. The van der Waals surface area contributed by atoms with Crippen molar-refractivity contribution in [1.29, 1.82) is 0 Å². The normalized spacial score (nSPS) is 24.0. The third kappa shape index (κ3) is 4.89. The van der Waals surface area contributed by atoms with Crippen molar-refractivity contribution >= 4 is 0 Å². The molecule has 1 aromatic carbocycles. The van der Waals surface area contributed by atoms with Crippen molar-refractivity contribution < 1.29 is 22.6 Å². The van der Waals surface area contributed by atoms with Crippen LogP contribution in [-0.4, -0.2) is 43.3 Å². The van der Waals surface area contributed by atoms with Crippen LogP contribution in [0.5, 0.6) is 5.75 Å². The fourth-order valence-corrected chi connectivity index (χ4v) is 2.52. The third-order valence-corrected chi connectivity index (χ3v) is 3.33. The molecule has 3 nitrogen and oxygen atoms in total. The van der Waals surface area contributed by atoms with Crippen molar-refractivity contribution in [3.05, 3.63) is 29.8 Å². The summed E-state index contributed by atoms with van der Waals surface area (Å²) in [5.74, 6) is 0.249. The highest BCUT2D eigenvalue weighted by Gasteiger charge is 2.30. The summed E-state index contributed by atoms with van der Waals surface area (Å²) in [5, 5.41) is 0. The van der Waals surface area contributed by atoms with Crippen molar-refractivity contribution in [1.82, 2.24) is 4.90 Å². The van der Waals surface area contributed by atoms with E-state index in [1.54, 1.807) is 6.07 Å². The number of morpholine rings is 1. The number of rotatable bonds is 4. The quantitative estimate of drug-likeness (QED) is 0.852. The Morgan fingerprint density at radius 3 is 2.52 bits per heavy atom. The average molecular weight is 303 g/mol. The monoisotopic (exact) mass is 303 g/mol. The van der Waals surface area contributed by atoms with Gasteiger partial charge in [0.2, 0.25) is 0 Å². The van der Waals surface area contributed by atoms with Gasteiger partial charge in [0.05, 0.1) is 17.8 Å². The fourth-order valence-electron chi connectivity index (χ4n) is 2.52. The molecule has 2 atom stereocenters. The molecule has 21 heavy (non-hydrogen) atoms. The number of hydrogen-bond acceptors (Lipinski definition) is 3. The Hall–Kier alpha value is -1.27. The second kappa shape index (κ2) is 6.66. The first-order chi connectivity index (χ1) is 9.84. The lowest BCUT2D eigenvalue weighted by Gasteiger charge is -2.35. The molecule has 0 bridgehead atoms. The standard InChI is InChI=1S/C15H20F3NO2/c1-11-9-19(10-12(2)21-11)6-7-20-14-5-3-4-13(8-14)15(16,17)18/h3-5,8,11-12H,6-7,9-10H2,1-2H3/t11-,12-/m0/s1. The minimum atomic E-state index is -4.34. The Morgan fingerprint density at radius 2 is 1.90 bits per heavy atom. The van der Waals surface area contributed by atoms with Crippen LogP contribution in [0.15, 0.2) is 24.3 Å². The second-order valence-electron chi connectivity index (χ2n) is 5.39. The maximum absolute atomic E-state index is 12.6. The third-order valence-electron chi connectivity index (χ3n) is 3.33. The van der Waals surface area contributed by atoms with Crippen molar-refractivity contribution in [2.45, 2.75) is 32.2 Å². The number of benzene rings is 1. The largest absolute Gasteiger partial charge is 0.492 e. The van der Waals surface area contributed by atoms with Gasteiger partial charge in [0, 0.05) is 19.6 Å². The molecular weight excluding hydrogens is 283 g/mol. The van der Waals surface area contributed by atoms with Crippen LogP contribution in [0.25, 0.3) is 0 Å². The van der Waals surface area contributed by atoms with E-state index in [4.69, 9.17) is 9.47 Å². The van der Waals surface area contributed by atoms with Crippen LogP contribution in [0.4, 0.5) is 13.2 Å². The van der Waals surface area contributed by atoms with Crippen LogP contribution in [0.3, 0.4) is 0 Å². The molecular formula is C15H20F3NO2. The summed E-state index contributed by atoms with van der Waals surface area (Å²) in [7, 11) is 0. The first-order valence-electron chi connectivity index (χ1n) is 7.02. The van der Waals surface area contributed by atoms with Crippen LogP contribution >= 0.6 is 0 Å². The molecule has 1 aliphatic heterocycles. The first kappa shape index (κ1) is 16.1. The predicted molar refractivity (Wildman–Crippen MR) is 73.4 cm³/mol. The van der Waals surface area contributed by atoms with Gasteiger partial charge in [0.15, 0.2) is 0 Å². The highest BCUT2D eigenvalue weighted by molar-refractivity contribution is 5.30. The van der Waals surface area contributed by atoms with Crippen molar-refractivity contribution in [3.8, 4) is 5.75 Å². The zero-order valence-electron chi connectivity index (χ0n) is 12.2. The average Bonchev–Trinajstić information content (AvgIpc) is 2.37. The first-order valence-corrected chi connectivity index (χ1v) is 7.02. The Labute approximate surface area is 122 Å². The number of hydrogen-bond donors (Lipinski definition) is 0. The lowest BCUT2D eigenvalue weighted by Crippen LogP contribution is -2.46. The summed E-state index contributed by atoms with van der Waals surface area (Å²) >= 11 is 0. The molecule has 0 spiro atoms. The van der Waals surface area contributed by atoms with Crippen LogP contribution in [0.1, 0.15) is 19.4 Å². The summed E-state index contributed by atoms with van der Waals surface area (Å²) in [6.07, 6.45) is -4.00. The Bertz CT molecular complexity index is 454.